The van der Waals surface area contributed by atoms with Gasteiger partial charge < -0.3 is 4.74 Å². The molecule has 1 aromatic rings. The Hall–Kier alpha value is -2.26. The van der Waals surface area contributed by atoms with E-state index in [2.05, 4.69) is 0 Å². The molecule has 3 nitrogen and oxygen atoms in total. The Labute approximate surface area is 101 Å². The molecular formula is C14H12N2O. The van der Waals surface area contributed by atoms with Crippen molar-refractivity contribution in [2.24, 2.45) is 0 Å². The number of allylic oxidation sites excluding steroid dienone is 1. The van der Waals surface area contributed by atoms with Gasteiger partial charge in [-0.1, -0.05) is 0 Å². The van der Waals surface area contributed by atoms with Crippen LogP contribution in [0.5, 0.6) is 5.75 Å². The second-order valence-corrected chi connectivity index (χ2v) is 4.00. The number of methoxy groups -OCH3 is 1. The minimum absolute atomic E-state index is 0.0984. The van der Waals surface area contributed by atoms with Gasteiger partial charge in [0.25, 0.3) is 0 Å². The number of nitriles is 2. The second-order valence-electron chi connectivity index (χ2n) is 4.00. The Morgan fingerprint density at radius 3 is 2.47 bits per heavy atom. The van der Waals surface area contributed by atoms with Crippen molar-refractivity contribution in [3.05, 3.63) is 34.4 Å². The Kier molecular flexibility index (Phi) is 3.12. The maximum Gasteiger partial charge on any atom is 0.130 e. The molecule has 1 aromatic carbocycles. The largest absolute Gasteiger partial charge is 0.496 e. The van der Waals surface area contributed by atoms with Crippen LogP contribution in [-0.4, -0.2) is 7.11 Å². The highest BCUT2D eigenvalue weighted by Gasteiger charge is 2.14. The van der Waals surface area contributed by atoms with Crippen molar-refractivity contribution in [3.63, 3.8) is 0 Å². The molecule has 0 unspecified atom stereocenters. The molecule has 0 N–H and O–H groups in total. The van der Waals surface area contributed by atoms with Crippen LogP contribution in [0.25, 0.3) is 6.08 Å². The lowest BCUT2D eigenvalue weighted by molar-refractivity contribution is 0.413. The standard InChI is InChI=1S/C14H12N2O/c1-17-14-7-12-4-2-3-11(12)6-13(14)5-10(8-15)9-16/h5-7H,2-4H2,1H3. The molecule has 0 heterocycles. The number of rotatable bonds is 2. The van der Waals surface area contributed by atoms with E-state index in [9.17, 15) is 0 Å². The van der Waals surface area contributed by atoms with Gasteiger partial charge in [-0.05, 0) is 48.6 Å². The number of fused-ring (bicyclic) bond motifs is 1. The van der Waals surface area contributed by atoms with Gasteiger partial charge in [0, 0.05) is 5.56 Å². The topological polar surface area (TPSA) is 56.8 Å². The van der Waals surface area contributed by atoms with Crippen LogP contribution in [0.2, 0.25) is 0 Å². The summed E-state index contributed by atoms with van der Waals surface area (Å²) >= 11 is 0. The van der Waals surface area contributed by atoms with Crippen LogP contribution >= 0.6 is 0 Å². The molecule has 1 aliphatic carbocycles. The lowest BCUT2D eigenvalue weighted by Crippen LogP contribution is -1.92. The van der Waals surface area contributed by atoms with Crippen LogP contribution in [0.4, 0.5) is 0 Å². The fourth-order valence-electron chi connectivity index (χ4n) is 2.16. The number of benzene rings is 1. The molecule has 0 atom stereocenters. The summed E-state index contributed by atoms with van der Waals surface area (Å²) in [6.07, 6.45) is 4.89. The van der Waals surface area contributed by atoms with Gasteiger partial charge in [-0.15, -0.1) is 0 Å². The van der Waals surface area contributed by atoms with Crippen molar-refractivity contribution in [2.45, 2.75) is 19.3 Å². The molecule has 2 rings (SSSR count). The van der Waals surface area contributed by atoms with E-state index in [0.717, 1.165) is 30.6 Å². The zero-order valence-corrected chi connectivity index (χ0v) is 9.66. The molecule has 17 heavy (non-hydrogen) atoms. The molecular weight excluding hydrogens is 212 g/mol. The molecule has 3 heteroatoms. The Morgan fingerprint density at radius 1 is 1.24 bits per heavy atom. The molecule has 0 saturated heterocycles. The van der Waals surface area contributed by atoms with Gasteiger partial charge in [0.15, 0.2) is 0 Å². The smallest absolute Gasteiger partial charge is 0.130 e. The number of ether oxygens (including phenoxy) is 1. The molecule has 84 valence electrons. The number of nitrogens with zero attached hydrogens (tertiary/aromatic N) is 2. The molecule has 0 spiro atoms. The second kappa shape index (κ2) is 4.72. The monoisotopic (exact) mass is 224 g/mol. The summed E-state index contributed by atoms with van der Waals surface area (Å²) in [4.78, 5) is 0. The Bertz CT molecular complexity index is 543. The maximum absolute atomic E-state index is 8.76. The third-order valence-electron chi connectivity index (χ3n) is 2.98. The van der Waals surface area contributed by atoms with E-state index in [1.54, 1.807) is 13.2 Å². The van der Waals surface area contributed by atoms with Crippen molar-refractivity contribution in [1.82, 2.24) is 0 Å². The maximum atomic E-state index is 8.76. The van der Waals surface area contributed by atoms with Crippen molar-refractivity contribution >= 4 is 6.08 Å². The average Bonchev–Trinajstić information content (AvgIpc) is 2.81. The van der Waals surface area contributed by atoms with E-state index in [4.69, 9.17) is 15.3 Å². The summed E-state index contributed by atoms with van der Waals surface area (Å²) in [7, 11) is 1.60. The zero-order valence-electron chi connectivity index (χ0n) is 9.66. The molecule has 1 aliphatic rings. The SMILES string of the molecule is COc1cc2c(cc1C=C(C#N)C#N)CCC2. The van der Waals surface area contributed by atoms with Crippen molar-refractivity contribution in [2.75, 3.05) is 7.11 Å². The van der Waals surface area contributed by atoms with Gasteiger partial charge in [0.2, 0.25) is 0 Å². The normalized spacial score (nSPS) is 12.2. The van der Waals surface area contributed by atoms with Gasteiger partial charge in [0.1, 0.15) is 23.5 Å². The predicted molar refractivity (Wildman–Crippen MR) is 64.2 cm³/mol. The molecule has 0 saturated carbocycles. The summed E-state index contributed by atoms with van der Waals surface area (Å²) in [5, 5.41) is 17.5. The average molecular weight is 224 g/mol. The van der Waals surface area contributed by atoms with Gasteiger partial charge in [-0.3, -0.25) is 0 Å². The van der Waals surface area contributed by atoms with Crippen molar-refractivity contribution in [1.29, 1.82) is 10.5 Å². The van der Waals surface area contributed by atoms with Gasteiger partial charge in [0.05, 0.1) is 7.11 Å². The minimum atomic E-state index is 0.0984. The fourth-order valence-corrected chi connectivity index (χ4v) is 2.16. The van der Waals surface area contributed by atoms with E-state index in [0.29, 0.717) is 0 Å². The molecule has 0 aromatic heterocycles. The van der Waals surface area contributed by atoms with Crippen LogP contribution < -0.4 is 4.74 Å². The Morgan fingerprint density at radius 2 is 1.88 bits per heavy atom. The lowest BCUT2D eigenvalue weighted by Gasteiger charge is -2.08. The van der Waals surface area contributed by atoms with E-state index < -0.39 is 0 Å². The van der Waals surface area contributed by atoms with Crippen LogP contribution in [0.1, 0.15) is 23.1 Å². The van der Waals surface area contributed by atoms with Crippen molar-refractivity contribution < 1.29 is 4.74 Å². The van der Waals surface area contributed by atoms with Crippen LogP contribution in [0, 0.1) is 22.7 Å². The highest BCUT2D eigenvalue weighted by molar-refractivity contribution is 5.68. The van der Waals surface area contributed by atoms with Gasteiger partial charge in [-0.2, -0.15) is 10.5 Å². The van der Waals surface area contributed by atoms with E-state index in [1.165, 1.54) is 11.1 Å². The molecule has 0 bridgehead atoms. The Balaban J connectivity index is 2.51. The first-order valence-electron chi connectivity index (χ1n) is 5.50. The number of hydrogen-bond donors (Lipinski definition) is 0. The lowest BCUT2D eigenvalue weighted by atomic mass is 10.0. The summed E-state index contributed by atoms with van der Waals surface area (Å²) < 4.78 is 5.30. The first-order valence-corrected chi connectivity index (χ1v) is 5.50. The highest BCUT2D eigenvalue weighted by Crippen LogP contribution is 2.31. The third-order valence-corrected chi connectivity index (χ3v) is 2.98. The first-order chi connectivity index (χ1) is 8.28. The first kappa shape index (κ1) is 11.2. The molecule has 0 radical (unpaired) electrons. The van der Waals surface area contributed by atoms with Gasteiger partial charge >= 0.3 is 0 Å². The predicted octanol–water partition coefficient (Wildman–Crippen LogP) is 2.61. The third kappa shape index (κ3) is 2.14. The van der Waals surface area contributed by atoms with Crippen LogP contribution in [0.15, 0.2) is 17.7 Å². The van der Waals surface area contributed by atoms with Crippen LogP contribution in [0.3, 0.4) is 0 Å². The van der Waals surface area contributed by atoms with E-state index in [1.807, 2.05) is 24.3 Å². The fraction of sp³-hybridized carbons (Fsp3) is 0.286. The number of hydrogen-bond acceptors (Lipinski definition) is 3. The minimum Gasteiger partial charge on any atom is -0.496 e. The van der Waals surface area contributed by atoms with Crippen LogP contribution in [-0.2, 0) is 12.8 Å². The summed E-state index contributed by atoms with van der Waals surface area (Å²) in [5.41, 5.74) is 3.52. The summed E-state index contributed by atoms with van der Waals surface area (Å²) in [5.74, 6) is 0.730. The highest BCUT2D eigenvalue weighted by atomic mass is 16.5. The quantitative estimate of drug-likeness (QED) is 0.725. The summed E-state index contributed by atoms with van der Waals surface area (Å²) in [6.45, 7) is 0. The van der Waals surface area contributed by atoms with E-state index >= 15 is 0 Å². The molecule has 0 fully saturated rings. The summed E-state index contributed by atoms with van der Waals surface area (Å²) in [6, 6.07) is 7.77. The van der Waals surface area contributed by atoms with Crippen molar-refractivity contribution in [3.8, 4) is 17.9 Å². The zero-order chi connectivity index (χ0) is 12.3. The molecule has 0 amide bonds. The molecule has 0 aliphatic heterocycles. The number of aryl methyl sites for hydroxylation is 2. The van der Waals surface area contributed by atoms with E-state index in [-0.39, 0.29) is 5.57 Å². The van der Waals surface area contributed by atoms with Gasteiger partial charge in [-0.25, -0.2) is 0 Å².